The molecule has 4 aromatic rings. The predicted molar refractivity (Wildman–Crippen MR) is 123 cm³/mol. The van der Waals surface area contributed by atoms with Crippen LogP contribution in [-0.2, 0) is 19.8 Å². The van der Waals surface area contributed by atoms with Crippen LogP contribution in [0.15, 0.2) is 61.3 Å². The van der Waals surface area contributed by atoms with Crippen molar-refractivity contribution in [2.45, 2.75) is 19.8 Å². The van der Waals surface area contributed by atoms with Gasteiger partial charge in [-0.1, -0.05) is 30.9 Å². The number of rotatable bonds is 9. The van der Waals surface area contributed by atoms with E-state index in [1.165, 1.54) is 0 Å². The molecule has 0 saturated carbocycles. The third-order valence-electron chi connectivity index (χ3n) is 4.79. The van der Waals surface area contributed by atoms with Gasteiger partial charge in [0.25, 0.3) is 0 Å². The van der Waals surface area contributed by atoms with Crippen LogP contribution in [0.2, 0.25) is 5.28 Å². The summed E-state index contributed by atoms with van der Waals surface area (Å²) in [6, 6.07) is 13.2. The Bertz CT molecular complexity index is 1260. The van der Waals surface area contributed by atoms with Gasteiger partial charge in [0.1, 0.15) is 30.5 Å². The minimum absolute atomic E-state index is 0.0453. The lowest BCUT2D eigenvalue weighted by Gasteiger charge is -2.14. The fourth-order valence-electron chi connectivity index (χ4n) is 3.27. The number of aromatic nitrogens is 4. The summed E-state index contributed by atoms with van der Waals surface area (Å²) in [7, 11) is 0. The second kappa shape index (κ2) is 9.67. The van der Waals surface area contributed by atoms with Crippen molar-refractivity contribution < 1.29 is 14.6 Å². The summed E-state index contributed by atoms with van der Waals surface area (Å²) in [5.74, 6) is 1.65. The highest BCUT2D eigenvalue weighted by Gasteiger charge is 2.12. The Labute approximate surface area is 189 Å². The van der Waals surface area contributed by atoms with E-state index in [1.54, 1.807) is 23.0 Å². The zero-order valence-electron chi connectivity index (χ0n) is 17.2. The van der Waals surface area contributed by atoms with Crippen molar-refractivity contribution in [3.8, 4) is 11.5 Å². The molecule has 0 fully saturated rings. The van der Waals surface area contributed by atoms with E-state index in [1.807, 2.05) is 36.4 Å². The first-order valence-electron chi connectivity index (χ1n) is 9.90. The lowest BCUT2D eigenvalue weighted by atomic mass is 10.1. The van der Waals surface area contributed by atoms with Gasteiger partial charge in [0.2, 0.25) is 5.28 Å². The third kappa shape index (κ3) is 4.82. The van der Waals surface area contributed by atoms with Crippen molar-refractivity contribution in [3.63, 3.8) is 0 Å². The first kappa shape index (κ1) is 21.6. The van der Waals surface area contributed by atoms with Gasteiger partial charge in [0.05, 0.1) is 24.7 Å². The van der Waals surface area contributed by atoms with Gasteiger partial charge in [-0.2, -0.15) is 10.1 Å². The second-order valence-corrected chi connectivity index (χ2v) is 7.39. The van der Waals surface area contributed by atoms with Crippen molar-refractivity contribution in [2.75, 3.05) is 12.3 Å². The highest BCUT2D eigenvalue weighted by atomic mass is 35.5. The van der Waals surface area contributed by atoms with Crippen LogP contribution < -0.4 is 15.2 Å². The summed E-state index contributed by atoms with van der Waals surface area (Å²) >= 11 is 5.97. The number of aliphatic hydroxyl groups excluding tert-OH is 1. The molecule has 32 heavy (non-hydrogen) atoms. The van der Waals surface area contributed by atoms with Crippen LogP contribution in [-0.4, -0.2) is 31.5 Å². The molecule has 0 unspecified atom stereocenters. The number of fused-ring (bicyclic) bond motifs is 1. The minimum atomic E-state index is -0.0453. The highest BCUT2D eigenvalue weighted by molar-refractivity contribution is 6.28. The maximum atomic E-state index is 9.34. The molecule has 3 N–H and O–H groups in total. The number of halogens is 1. The topological polar surface area (TPSA) is 108 Å². The van der Waals surface area contributed by atoms with Gasteiger partial charge in [-0.15, -0.1) is 0 Å². The monoisotopic (exact) mass is 451 g/mol. The van der Waals surface area contributed by atoms with Crippen molar-refractivity contribution in [1.29, 1.82) is 0 Å². The quantitative estimate of drug-likeness (QED) is 0.294. The zero-order valence-corrected chi connectivity index (χ0v) is 18.0. The number of anilines is 1. The fraction of sp³-hybridized carbons (Fsp3) is 0.174. The first-order valence-corrected chi connectivity index (χ1v) is 10.3. The smallest absolute Gasteiger partial charge is 0.226 e. The molecule has 8 nitrogen and oxygen atoms in total. The molecule has 0 aliphatic carbocycles. The average Bonchev–Trinajstić information content (AvgIpc) is 3.19. The van der Waals surface area contributed by atoms with Crippen LogP contribution in [0, 0.1) is 0 Å². The largest absolute Gasteiger partial charge is 0.489 e. The molecule has 0 aliphatic rings. The second-order valence-electron chi connectivity index (χ2n) is 7.05. The van der Waals surface area contributed by atoms with Gasteiger partial charge in [-0.25, -0.2) is 9.67 Å². The van der Waals surface area contributed by atoms with E-state index in [0.29, 0.717) is 41.5 Å². The van der Waals surface area contributed by atoms with Crippen LogP contribution in [0.25, 0.3) is 11.0 Å². The first-order chi connectivity index (χ1) is 15.6. The molecule has 0 spiro atoms. The van der Waals surface area contributed by atoms with E-state index in [0.717, 1.165) is 16.7 Å². The molecule has 164 valence electrons. The molecule has 2 heterocycles. The highest BCUT2D eigenvalue weighted by Crippen LogP contribution is 2.25. The number of nitrogens with two attached hydrogens (primary N) is 1. The van der Waals surface area contributed by atoms with Crippen molar-refractivity contribution in [1.82, 2.24) is 19.7 Å². The van der Waals surface area contributed by atoms with Gasteiger partial charge in [-0.3, -0.25) is 0 Å². The van der Waals surface area contributed by atoms with E-state index in [-0.39, 0.29) is 18.5 Å². The maximum absolute atomic E-state index is 9.34. The lowest BCUT2D eigenvalue weighted by Crippen LogP contribution is -2.06. The Balaban J connectivity index is 1.60. The number of aliphatic hydroxyl groups is 1. The van der Waals surface area contributed by atoms with Crippen molar-refractivity contribution in [3.05, 3.63) is 83.3 Å². The van der Waals surface area contributed by atoms with Crippen molar-refractivity contribution >= 4 is 28.5 Å². The molecule has 0 bridgehead atoms. The molecule has 0 atom stereocenters. The van der Waals surface area contributed by atoms with Crippen LogP contribution >= 0.6 is 11.6 Å². The maximum Gasteiger partial charge on any atom is 0.226 e. The molecular formula is C23H22ClN5O3. The van der Waals surface area contributed by atoms with E-state index in [2.05, 4.69) is 21.6 Å². The molecule has 2 aromatic carbocycles. The average molecular weight is 452 g/mol. The van der Waals surface area contributed by atoms with E-state index in [9.17, 15) is 5.11 Å². The molecule has 0 saturated heterocycles. The molecule has 0 aliphatic heterocycles. The third-order valence-corrected chi connectivity index (χ3v) is 4.96. The number of hydrogen-bond acceptors (Lipinski definition) is 7. The van der Waals surface area contributed by atoms with E-state index >= 15 is 0 Å². The summed E-state index contributed by atoms with van der Waals surface area (Å²) in [4.78, 5) is 8.22. The van der Waals surface area contributed by atoms with Gasteiger partial charge in [-0.05, 0) is 47.0 Å². The SMILES string of the molecule is C=CCOc1ccc(Cn2ncc3c(N)nc(Cl)nc32)cc1COc1cccc(CO)c1. The number of hydrogen-bond donors (Lipinski definition) is 2. The predicted octanol–water partition coefficient (Wildman–Crippen LogP) is 3.75. The molecule has 9 heteroatoms. The Hall–Kier alpha value is -3.62. The summed E-state index contributed by atoms with van der Waals surface area (Å²) in [5.41, 5.74) is 9.10. The number of ether oxygens (including phenoxy) is 2. The summed E-state index contributed by atoms with van der Waals surface area (Å²) in [6.45, 7) is 4.78. The zero-order chi connectivity index (χ0) is 22.5. The Kier molecular flexibility index (Phi) is 6.53. The number of benzene rings is 2. The Morgan fingerprint density at radius 3 is 2.81 bits per heavy atom. The normalized spacial score (nSPS) is 10.9. The fourth-order valence-corrected chi connectivity index (χ4v) is 3.44. The molecule has 4 rings (SSSR count). The van der Waals surface area contributed by atoms with Crippen LogP contribution in [0.5, 0.6) is 11.5 Å². The van der Waals surface area contributed by atoms with Gasteiger partial charge in [0, 0.05) is 5.56 Å². The van der Waals surface area contributed by atoms with E-state index < -0.39 is 0 Å². The summed E-state index contributed by atoms with van der Waals surface area (Å²) in [6.07, 6.45) is 3.31. The number of nitrogens with zero attached hydrogens (tertiary/aromatic N) is 4. The molecule has 0 radical (unpaired) electrons. The molecular weight excluding hydrogens is 430 g/mol. The summed E-state index contributed by atoms with van der Waals surface area (Å²) < 4.78 is 13.5. The van der Waals surface area contributed by atoms with Gasteiger partial charge in [0.15, 0.2) is 5.65 Å². The van der Waals surface area contributed by atoms with Crippen molar-refractivity contribution in [2.24, 2.45) is 0 Å². The Morgan fingerprint density at radius 1 is 1.12 bits per heavy atom. The molecule has 2 aromatic heterocycles. The molecule has 0 amide bonds. The standard InChI is InChI=1S/C23H22ClN5O3/c1-2-8-31-20-7-6-15(9-17(20)14-32-18-5-3-4-16(10-18)13-30)12-29-22-19(11-26-29)21(25)27-23(24)28-22/h2-7,9-11,30H,1,8,12-14H2,(H2,25,27,28). The summed E-state index contributed by atoms with van der Waals surface area (Å²) in [5, 5.41) is 14.4. The van der Waals surface area contributed by atoms with Crippen LogP contribution in [0.4, 0.5) is 5.82 Å². The van der Waals surface area contributed by atoms with E-state index in [4.69, 9.17) is 26.8 Å². The number of nitrogen functional groups attached to an aromatic ring is 1. The van der Waals surface area contributed by atoms with Crippen LogP contribution in [0.3, 0.4) is 0 Å². The van der Waals surface area contributed by atoms with Gasteiger partial charge < -0.3 is 20.3 Å². The van der Waals surface area contributed by atoms with Gasteiger partial charge >= 0.3 is 0 Å². The van der Waals surface area contributed by atoms with Crippen LogP contribution in [0.1, 0.15) is 16.7 Å². The minimum Gasteiger partial charge on any atom is -0.489 e. The Morgan fingerprint density at radius 2 is 2.00 bits per heavy atom. The lowest BCUT2D eigenvalue weighted by molar-refractivity contribution is 0.275.